The normalized spacial score (nSPS) is 11.8. The van der Waals surface area contributed by atoms with E-state index in [1.54, 1.807) is 60.7 Å². The first kappa shape index (κ1) is 32.9. The number of carbonyl (C=O) groups is 2. The van der Waals surface area contributed by atoms with E-state index in [9.17, 15) is 18.0 Å². The Bertz CT molecular complexity index is 1670. The van der Waals surface area contributed by atoms with Crippen LogP contribution in [0.3, 0.4) is 0 Å². The maximum atomic E-state index is 14.3. The number of hydrogen-bond donors (Lipinski definition) is 1. The average Bonchev–Trinajstić information content (AvgIpc) is 3.04. The molecule has 230 valence electrons. The molecule has 4 aromatic rings. The summed E-state index contributed by atoms with van der Waals surface area (Å²) in [7, 11) is -2.70. The molecule has 11 heteroatoms. The molecule has 0 radical (unpaired) electrons. The third-order valence-electron chi connectivity index (χ3n) is 6.90. The zero-order valence-corrected chi connectivity index (χ0v) is 26.6. The van der Waals surface area contributed by atoms with Crippen LogP contribution in [0.5, 0.6) is 5.75 Å². The van der Waals surface area contributed by atoms with E-state index < -0.39 is 34.4 Å². The molecule has 0 spiro atoms. The summed E-state index contributed by atoms with van der Waals surface area (Å²) in [6.07, 6.45) is 0.196. The first-order valence-corrected chi connectivity index (χ1v) is 16.1. The highest BCUT2D eigenvalue weighted by Gasteiger charge is 2.34. The van der Waals surface area contributed by atoms with Crippen molar-refractivity contribution in [3.05, 3.63) is 124 Å². The first-order chi connectivity index (χ1) is 21.1. The van der Waals surface area contributed by atoms with Crippen molar-refractivity contribution in [2.75, 3.05) is 24.5 Å². The molecule has 0 aliphatic carbocycles. The summed E-state index contributed by atoms with van der Waals surface area (Å²) in [5, 5.41) is 3.29. The summed E-state index contributed by atoms with van der Waals surface area (Å²) < 4.78 is 34.6. The van der Waals surface area contributed by atoms with Crippen molar-refractivity contribution in [3.8, 4) is 5.75 Å². The lowest BCUT2D eigenvalue weighted by atomic mass is 10.0. The van der Waals surface area contributed by atoms with E-state index in [0.717, 1.165) is 9.87 Å². The first-order valence-electron chi connectivity index (χ1n) is 13.9. The summed E-state index contributed by atoms with van der Waals surface area (Å²) in [4.78, 5) is 29.1. The number of rotatable bonds is 13. The number of ether oxygens (including phenoxy) is 1. The van der Waals surface area contributed by atoms with Crippen LogP contribution in [0.4, 0.5) is 5.69 Å². The van der Waals surface area contributed by atoms with Crippen LogP contribution < -0.4 is 14.4 Å². The van der Waals surface area contributed by atoms with Crippen molar-refractivity contribution >= 4 is 50.7 Å². The fourth-order valence-corrected chi connectivity index (χ4v) is 6.43. The molecule has 0 heterocycles. The van der Waals surface area contributed by atoms with Gasteiger partial charge in [0.25, 0.3) is 10.0 Å². The molecule has 0 aliphatic rings. The minimum absolute atomic E-state index is 0.0184. The molecule has 1 atom stereocenters. The molecule has 0 bridgehead atoms. The van der Waals surface area contributed by atoms with Gasteiger partial charge in [-0.1, -0.05) is 77.8 Å². The number of anilines is 1. The Hall–Kier alpha value is -4.05. The molecule has 1 N–H and O–H groups in total. The van der Waals surface area contributed by atoms with E-state index in [1.165, 1.54) is 24.1 Å². The van der Waals surface area contributed by atoms with Crippen LogP contribution in [-0.2, 0) is 32.6 Å². The van der Waals surface area contributed by atoms with E-state index in [2.05, 4.69) is 5.32 Å². The van der Waals surface area contributed by atoms with Gasteiger partial charge in [0.15, 0.2) is 0 Å². The van der Waals surface area contributed by atoms with Gasteiger partial charge in [0.05, 0.1) is 27.2 Å². The van der Waals surface area contributed by atoms with Crippen LogP contribution in [-0.4, -0.2) is 51.4 Å². The Morgan fingerprint density at radius 2 is 1.48 bits per heavy atom. The van der Waals surface area contributed by atoms with E-state index in [0.29, 0.717) is 28.0 Å². The molecule has 0 fully saturated rings. The molecule has 44 heavy (non-hydrogen) atoms. The van der Waals surface area contributed by atoms with Crippen molar-refractivity contribution in [1.82, 2.24) is 10.2 Å². The lowest BCUT2D eigenvalue weighted by Gasteiger charge is -2.33. The molecular formula is C33H33Cl2N3O5S. The summed E-state index contributed by atoms with van der Waals surface area (Å²) in [6, 6.07) is 27.6. The number of nitrogens with zero attached hydrogens (tertiary/aromatic N) is 2. The van der Waals surface area contributed by atoms with E-state index >= 15 is 0 Å². The number of benzene rings is 4. The second kappa shape index (κ2) is 15.1. The quantitative estimate of drug-likeness (QED) is 0.192. The Morgan fingerprint density at radius 3 is 2.07 bits per heavy atom. The van der Waals surface area contributed by atoms with Crippen molar-refractivity contribution in [1.29, 1.82) is 0 Å². The minimum Gasteiger partial charge on any atom is -0.494 e. The van der Waals surface area contributed by atoms with Gasteiger partial charge in [-0.3, -0.25) is 13.9 Å². The second-order valence-electron chi connectivity index (χ2n) is 9.84. The summed E-state index contributed by atoms with van der Waals surface area (Å²) in [5.41, 5.74) is 1.71. The molecular weight excluding hydrogens is 621 g/mol. The number of nitrogens with one attached hydrogen (secondary N) is 1. The van der Waals surface area contributed by atoms with Crippen LogP contribution in [0.1, 0.15) is 18.1 Å². The second-order valence-corrected chi connectivity index (χ2v) is 12.5. The Kier molecular flexibility index (Phi) is 11.3. The topological polar surface area (TPSA) is 96.0 Å². The number of halogens is 2. The van der Waals surface area contributed by atoms with E-state index in [4.69, 9.17) is 27.9 Å². The Balaban J connectivity index is 1.79. The van der Waals surface area contributed by atoms with Gasteiger partial charge in [-0.2, -0.15) is 0 Å². The smallest absolute Gasteiger partial charge is 0.264 e. The monoisotopic (exact) mass is 653 g/mol. The number of sulfonamides is 1. The third kappa shape index (κ3) is 8.11. The van der Waals surface area contributed by atoms with Crippen LogP contribution in [0.2, 0.25) is 10.0 Å². The van der Waals surface area contributed by atoms with Gasteiger partial charge in [0.1, 0.15) is 18.3 Å². The molecule has 0 saturated carbocycles. The van der Waals surface area contributed by atoms with Crippen molar-refractivity contribution in [3.63, 3.8) is 0 Å². The van der Waals surface area contributed by atoms with Gasteiger partial charge >= 0.3 is 0 Å². The van der Waals surface area contributed by atoms with Gasteiger partial charge in [0.2, 0.25) is 11.8 Å². The van der Waals surface area contributed by atoms with Gasteiger partial charge in [-0.15, -0.1) is 0 Å². The molecule has 0 aromatic heterocycles. The largest absolute Gasteiger partial charge is 0.494 e. The predicted octanol–water partition coefficient (Wildman–Crippen LogP) is 5.97. The lowest BCUT2D eigenvalue weighted by Crippen LogP contribution is -2.53. The predicted molar refractivity (Wildman–Crippen MR) is 174 cm³/mol. The van der Waals surface area contributed by atoms with Gasteiger partial charge in [0, 0.05) is 20.0 Å². The van der Waals surface area contributed by atoms with Crippen molar-refractivity contribution in [2.45, 2.75) is 30.8 Å². The molecule has 0 saturated heterocycles. The lowest BCUT2D eigenvalue weighted by molar-refractivity contribution is -0.139. The molecule has 4 aromatic carbocycles. The third-order valence-corrected chi connectivity index (χ3v) is 9.43. The number of carbonyl (C=O) groups excluding carboxylic acids is 2. The highest BCUT2D eigenvalue weighted by Crippen LogP contribution is 2.28. The Labute approximate surface area is 268 Å². The minimum atomic E-state index is -4.20. The summed E-state index contributed by atoms with van der Waals surface area (Å²) >= 11 is 12.4. The van der Waals surface area contributed by atoms with Crippen molar-refractivity contribution in [2.24, 2.45) is 0 Å². The fourth-order valence-electron chi connectivity index (χ4n) is 4.68. The van der Waals surface area contributed by atoms with Crippen molar-refractivity contribution < 1.29 is 22.7 Å². The number of hydrogen-bond acceptors (Lipinski definition) is 5. The summed E-state index contributed by atoms with van der Waals surface area (Å²) in [6.45, 7) is 1.69. The summed E-state index contributed by atoms with van der Waals surface area (Å²) in [5.74, 6) is -0.432. The maximum absolute atomic E-state index is 14.3. The molecule has 0 aliphatic heterocycles. The van der Waals surface area contributed by atoms with Crippen LogP contribution in [0.15, 0.2) is 108 Å². The highest BCUT2D eigenvalue weighted by atomic mass is 35.5. The average molecular weight is 655 g/mol. The van der Waals surface area contributed by atoms with Gasteiger partial charge < -0.3 is 15.0 Å². The van der Waals surface area contributed by atoms with Gasteiger partial charge in [-0.05, 0) is 66.6 Å². The molecule has 4 rings (SSSR count). The van der Waals surface area contributed by atoms with Crippen LogP contribution in [0, 0.1) is 0 Å². The van der Waals surface area contributed by atoms with Crippen LogP contribution in [0.25, 0.3) is 0 Å². The van der Waals surface area contributed by atoms with Gasteiger partial charge in [-0.25, -0.2) is 8.42 Å². The molecule has 2 amide bonds. The number of amides is 2. The number of likely N-dealkylation sites (N-methyl/N-ethyl adjacent to an activating group) is 1. The maximum Gasteiger partial charge on any atom is 0.264 e. The van der Waals surface area contributed by atoms with E-state index in [1.807, 2.05) is 37.3 Å². The highest BCUT2D eigenvalue weighted by molar-refractivity contribution is 7.92. The fraction of sp³-hybridized carbons (Fsp3) is 0.212. The standard InChI is InChI=1S/C33H33Cl2N3O5S/c1-3-43-27-17-15-26(16-18-27)38(44(41,42)28-12-8-5-9-13-28)23-32(39)37(22-25-14-19-29(34)30(35)20-25)31(33(40)36-2)21-24-10-6-4-7-11-24/h4-20,31H,3,21-23H2,1-2H3,(H,36,40). The SMILES string of the molecule is CCOc1ccc(N(CC(=O)N(Cc2ccc(Cl)c(Cl)c2)C(Cc2ccccc2)C(=O)NC)S(=O)(=O)c2ccccc2)cc1. The zero-order chi connectivity index (χ0) is 31.7. The van der Waals surface area contributed by atoms with Crippen LogP contribution >= 0.6 is 23.2 Å². The van der Waals surface area contributed by atoms with E-state index in [-0.39, 0.29) is 23.5 Å². The zero-order valence-electron chi connectivity index (χ0n) is 24.3. The molecule has 1 unspecified atom stereocenters. The Morgan fingerprint density at radius 1 is 0.841 bits per heavy atom. The molecule has 8 nitrogen and oxygen atoms in total.